The van der Waals surface area contributed by atoms with Crippen molar-refractivity contribution in [3.63, 3.8) is 0 Å². The van der Waals surface area contributed by atoms with E-state index in [0.717, 1.165) is 5.69 Å². The highest BCUT2D eigenvalue weighted by atomic mass is 19.1. The quantitative estimate of drug-likeness (QED) is 0.877. The van der Waals surface area contributed by atoms with Crippen LogP contribution in [0.5, 0.6) is 5.88 Å². The highest BCUT2D eigenvalue weighted by Crippen LogP contribution is 2.31. The van der Waals surface area contributed by atoms with Gasteiger partial charge in [0.2, 0.25) is 5.88 Å². The van der Waals surface area contributed by atoms with Gasteiger partial charge in [-0.2, -0.15) is 4.98 Å². The number of nitrogens with two attached hydrogens (primary N) is 1. The van der Waals surface area contributed by atoms with Crippen LogP contribution in [0.3, 0.4) is 0 Å². The molecule has 0 saturated heterocycles. The van der Waals surface area contributed by atoms with E-state index in [1.165, 1.54) is 25.0 Å². The van der Waals surface area contributed by atoms with Crippen LogP contribution < -0.4 is 15.8 Å². The summed E-state index contributed by atoms with van der Waals surface area (Å²) in [6.45, 7) is 0.664. The summed E-state index contributed by atoms with van der Waals surface area (Å²) >= 11 is 0. The van der Waals surface area contributed by atoms with Gasteiger partial charge in [-0.1, -0.05) is 0 Å². The number of nitrogens with one attached hydrogen (secondary N) is 1. The van der Waals surface area contributed by atoms with Crippen molar-refractivity contribution in [2.45, 2.75) is 12.8 Å². The minimum atomic E-state index is -0.269. The summed E-state index contributed by atoms with van der Waals surface area (Å²) in [7, 11) is 0. The number of nitrogen functional groups attached to an aromatic ring is 1. The van der Waals surface area contributed by atoms with Gasteiger partial charge in [0.05, 0.1) is 12.3 Å². The smallest absolute Gasteiger partial charge is 0.239 e. The first-order valence-corrected chi connectivity index (χ1v) is 6.62. The average molecular weight is 273 g/mol. The third-order valence-corrected chi connectivity index (χ3v) is 3.16. The second-order valence-electron chi connectivity index (χ2n) is 4.98. The maximum atomic E-state index is 12.8. The minimum absolute atomic E-state index is 0.269. The molecule has 1 fully saturated rings. The Kier molecular flexibility index (Phi) is 3.41. The van der Waals surface area contributed by atoms with E-state index >= 15 is 0 Å². The van der Waals surface area contributed by atoms with E-state index in [0.29, 0.717) is 29.9 Å². The molecule has 1 aliphatic carbocycles. The van der Waals surface area contributed by atoms with E-state index < -0.39 is 0 Å². The summed E-state index contributed by atoms with van der Waals surface area (Å²) in [6, 6.07) is 9.61. The van der Waals surface area contributed by atoms with Gasteiger partial charge in [0.25, 0.3) is 0 Å². The maximum absolute atomic E-state index is 12.8. The molecule has 0 bridgehead atoms. The van der Waals surface area contributed by atoms with Gasteiger partial charge < -0.3 is 15.8 Å². The van der Waals surface area contributed by atoms with Crippen LogP contribution in [0.4, 0.5) is 21.6 Å². The summed E-state index contributed by atoms with van der Waals surface area (Å²) in [5.41, 5.74) is 7.13. The fraction of sp³-hybridized carbons (Fsp3) is 0.267. The van der Waals surface area contributed by atoms with Gasteiger partial charge in [-0.3, -0.25) is 0 Å². The fourth-order valence-electron chi connectivity index (χ4n) is 1.80. The van der Waals surface area contributed by atoms with Gasteiger partial charge in [0, 0.05) is 5.69 Å². The minimum Gasteiger partial charge on any atom is -0.476 e. The molecule has 0 amide bonds. The van der Waals surface area contributed by atoms with Crippen molar-refractivity contribution in [2.75, 3.05) is 17.7 Å². The number of ether oxygens (including phenoxy) is 1. The largest absolute Gasteiger partial charge is 0.476 e. The van der Waals surface area contributed by atoms with Crippen molar-refractivity contribution >= 4 is 17.2 Å². The number of pyridine rings is 1. The fourth-order valence-corrected chi connectivity index (χ4v) is 1.80. The summed E-state index contributed by atoms with van der Waals surface area (Å²) < 4.78 is 18.5. The Morgan fingerprint density at radius 3 is 2.65 bits per heavy atom. The van der Waals surface area contributed by atoms with Crippen molar-refractivity contribution in [2.24, 2.45) is 5.92 Å². The van der Waals surface area contributed by atoms with E-state index in [1.54, 1.807) is 24.3 Å². The van der Waals surface area contributed by atoms with Gasteiger partial charge in [0.1, 0.15) is 11.6 Å². The third kappa shape index (κ3) is 3.17. The van der Waals surface area contributed by atoms with Crippen molar-refractivity contribution in [3.8, 4) is 5.88 Å². The second-order valence-corrected chi connectivity index (χ2v) is 4.98. The first-order chi connectivity index (χ1) is 9.70. The topological polar surface area (TPSA) is 60.2 Å². The van der Waals surface area contributed by atoms with E-state index in [-0.39, 0.29) is 5.82 Å². The normalized spacial score (nSPS) is 14.1. The molecule has 104 valence electrons. The zero-order valence-electron chi connectivity index (χ0n) is 11.0. The number of anilines is 3. The van der Waals surface area contributed by atoms with Crippen LogP contribution >= 0.6 is 0 Å². The van der Waals surface area contributed by atoms with Gasteiger partial charge in [-0.25, -0.2) is 4.39 Å². The Balaban J connectivity index is 1.71. The first-order valence-electron chi connectivity index (χ1n) is 6.62. The lowest BCUT2D eigenvalue weighted by Gasteiger charge is -2.10. The Morgan fingerprint density at radius 1 is 1.20 bits per heavy atom. The predicted molar refractivity (Wildman–Crippen MR) is 76.6 cm³/mol. The third-order valence-electron chi connectivity index (χ3n) is 3.16. The molecule has 1 aromatic carbocycles. The Bertz CT molecular complexity index is 597. The summed E-state index contributed by atoms with van der Waals surface area (Å²) in [5.74, 6) is 1.44. The highest BCUT2D eigenvalue weighted by molar-refractivity contribution is 5.60. The van der Waals surface area contributed by atoms with Gasteiger partial charge >= 0.3 is 0 Å². The summed E-state index contributed by atoms with van der Waals surface area (Å²) in [6.07, 6.45) is 2.43. The molecule has 0 radical (unpaired) electrons. The lowest BCUT2D eigenvalue weighted by molar-refractivity contribution is 0.290. The molecule has 1 heterocycles. The first kappa shape index (κ1) is 12.7. The molecule has 3 rings (SSSR count). The molecule has 3 N–H and O–H groups in total. The molecule has 0 atom stereocenters. The number of rotatable bonds is 5. The lowest BCUT2D eigenvalue weighted by Crippen LogP contribution is -2.05. The van der Waals surface area contributed by atoms with E-state index in [4.69, 9.17) is 10.5 Å². The SMILES string of the molecule is Nc1ccc(Nc2ccc(F)cc2)nc1OCC1CC1. The summed E-state index contributed by atoms with van der Waals surface area (Å²) in [4.78, 5) is 4.34. The average Bonchev–Trinajstić information content (AvgIpc) is 3.26. The molecule has 1 aromatic heterocycles. The second kappa shape index (κ2) is 5.36. The number of hydrogen-bond donors (Lipinski definition) is 2. The monoisotopic (exact) mass is 273 g/mol. The number of nitrogens with zero attached hydrogens (tertiary/aromatic N) is 1. The molecule has 0 spiro atoms. The Morgan fingerprint density at radius 2 is 1.95 bits per heavy atom. The molecule has 5 heteroatoms. The molecule has 0 aliphatic heterocycles. The van der Waals surface area contributed by atoms with Crippen LogP contribution in [-0.4, -0.2) is 11.6 Å². The van der Waals surface area contributed by atoms with Gasteiger partial charge in [-0.05, 0) is 55.2 Å². The van der Waals surface area contributed by atoms with Crippen molar-refractivity contribution in [1.29, 1.82) is 0 Å². The van der Waals surface area contributed by atoms with Crippen molar-refractivity contribution in [3.05, 3.63) is 42.2 Å². The van der Waals surface area contributed by atoms with Crippen LogP contribution in [0, 0.1) is 11.7 Å². The van der Waals surface area contributed by atoms with Crippen molar-refractivity contribution in [1.82, 2.24) is 4.98 Å². The standard InChI is InChI=1S/C15H16FN3O/c16-11-3-5-12(6-4-11)18-14-8-7-13(17)15(19-14)20-9-10-1-2-10/h3-8,10H,1-2,9,17H2,(H,18,19). The van der Waals surface area contributed by atoms with Gasteiger partial charge in [-0.15, -0.1) is 0 Å². The highest BCUT2D eigenvalue weighted by Gasteiger charge is 2.22. The number of hydrogen-bond acceptors (Lipinski definition) is 4. The lowest BCUT2D eigenvalue weighted by atomic mass is 10.3. The van der Waals surface area contributed by atoms with Crippen LogP contribution in [0.25, 0.3) is 0 Å². The van der Waals surface area contributed by atoms with Crippen molar-refractivity contribution < 1.29 is 9.13 Å². The number of halogens is 1. The van der Waals surface area contributed by atoms with Crippen LogP contribution in [0.15, 0.2) is 36.4 Å². The summed E-state index contributed by atoms with van der Waals surface area (Å²) in [5, 5.41) is 3.09. The maximum Gasteiger partial charge on any atom is 0.239 e. The molecule has 20 heavy (non-hydrogen) atoms. The van der Waals surface area contributed by atoms with Gasteiger partial charge in [0.15, 0.2) is 0 Å². The molecule has 1 saturated carbocycles. The molecule has 1 aliphatic rings. The Hall–Kier alpha value is -2.30. The van der Waals surface area contributed by atoms with Crippen LogP contribution in [0.2, 0.25) is 0 Å². The van der Waals surface area contributed by atoms with Crippen LogP contribution in [-0.2, 0) is 0 Å². The van der Waals surface area contributed by atoms with E-state index in [2.05, 4.69) is 10.3 Å². The molecular weight excluding hydrogens is 257 g/mol. The molecule has 4 nitrogen and oxygen atoms in total. The predicted octanol–water partition coefficient (Wildman–Crippen LogP) is 3.34. The molecule has 0 unspecified atom stereocenters. The number of aromatic nitrogens is 1. The van der Waals surface area contributed by atoms with E-state index in [1.807, 2.05) is 0 Å². The molecule has 2 aromatic rings. The number of benzene rings is 1. The van der Waals surface area contributed by atoms with Crippen LogP contribution in [0.1, 0.15) is 12.8 Å². The zero-order valence-corrected chi connectivity index (χ0v) is 11.0. The molecular formula is C15H16FN3O. The van der Waals surface area contributed by atoms with E-state index in [9.17, 15) is 4.39 Å². The zero-order chi connectivity index (χ0) is 13.9. The Labute approximate surface area is 116 Å².